The Morgan fingerprint density at radius 1 is 1.42 bits per heavy atom. The van der Waals surface area contributed by atoms with E-state index in [1.165, 1.54) is 0 Å². The molecule has 2 atom stereocenters. The molecular weight excluding hydrogens is 218 g/mol. The lowest BCUT2D eigenvalue weighted by molar-refractivity contribution is -0.121. The summed E-state index contributed by atoms with van der Waals surface area (Å²) in [7, 11) is 0. The Morgan fingerprint density at radius 2 is 1.92 bits per heavy atom. The van der Waals surface area contributed by atoms with Crippen LogP contribution >= 0.6 is 15.9 Å². The van der Waals surface area contributed by atoms with Crippen LogP contribution in [0.1, 0.15) is 34.1 Å². The topological polar surface area (TPSA) is 29.1 Å². The largest absolute Gasteiger partial charge is 0.353 e. The van der Waals surface area contributed by atoms with Gasteiger partial charge in [0.2, 0.25) is 5.91 Å². The number of amides is 1. The van der Waals surface area contributed by atoms with E-state index < -0.39 is 0 Å². The molecule has 0 saturated heterocycles. The highest BCUT2D eigenvalue weighted by atomic mass is 79.9. The molecule has 0 heterocycles. The van der Waals surface area contributed by atoms with Crippen LogP contribution < -0.4 is 5.32 Å². The molecule has 12 heavy (non-hydrogen) atoms. The Labute approximate surface area is 83.2 Å². The van der Waals surface area contributed by atoms with Crippen LogP contribution in [0.2, 0.25) is 0 Å². The number of carbonyl (C=O) groups excluding carboxylic acids is 1. The highest BCUT2D eigenvalue weighted by molar-refractivity contribution is 9.10. The standard InChI is InChI=1S/C9H18BrNO/c1-5-7(4)11-9(12)8(10)6(2)3/h6-8H,5H2,1-4H3,(H,11,12)/t7-,8-/m1/s1. The van der Waals surface area contributed by atoms with Crippen LogP contribution in [0, 0.1) is 5.92 Å². The quantitative estimate of drug-likeness (QED) is 0.745. The lowest BCUT2D eigenvalue weighted by Gasteiger charge is -2.17. The molecule has 0 saturated carbocycles. The molecule has 2 nitrogen and oxygen atoms in total. The Balaban J connectivity index is 3.87. The predicted molar refractivity (Wildman–Crippen MR) is 55.4 cm³/mol. The fourth-order valence-electron chi connectivity index (χ4n) is 0.727. The Kier molecular flexibility index (Phi) is 5.55. The lowest BCUT2D eigenvalue weighted by atomic mass is 10.1. The van der Waals surface area contributed by atoms with Crippen molar-refractivity contribution >= 4 is 21.8 Å². The fraction of sp³-hybridized carbons (Fsp3) is 0.889. The van der Waals surface area contributed by atoms with Crippen LogP contribution in [0.4, 0.5) is 0 Å². The summed E-state index contributed by atoms with van der Waals surface area (Å²) in [5, 5.41) is 2.92. The van der Waals surface area contributed by atoms with Crippen LogP contribution in [0.15, 0.2) is 0 Å². The van der Waals surface area contributed by atoms with Gasteiger partial charge in [-0.25, -0.2) is 0 Å². The molecule has 0 aliphatic rings. The van der Waals surface area contributed by atoms with Gasteiger partial charge in [0.15, 0.2) is 0 Å². The summed E-state index contributed by atoms with van der Waals surface area (Å²) in [6.45, 7) is 8.12. The van der Waals surface area contributed by atoms with E-state index in [1.807, 2.05) is 20.8 Å². The minimum atomic E-state index is -0.0634. The lowest BCUT2D eigenvalue weighted by Crippen LogP contribution is -2.39. The van der Waals surface area contributed by atoms with Crippen molar-refractivity contribution in [3.8, 4) is 0 Å². The third-order valence-corrected chi connectivity index (χ3v) is 3.31. The van der Waals surface area contributed by atoms with E-state index >= 15 is 0 Å². The van der Waals surface area contributed by atoms with Gasteiger partial charge in [-0.05, 0) is 19.3 Å². The van der Waals surface area contributed by atoms with Gasteiger partial charge >= 0.3 is 0 Å². The first-order valence-corrected chi connectivity index (χ1v) is 5.35. The summed E-state index contributed by atoms with van der Waals surface area (Å²) in [6.07, 6.45) is 0.976. The Hall–Kier alpha value is -0.0500. The van der Waals surface area contributed by atoms with Crippen molar-refractivity contribution in [3.63, 3.8) is 0 Å². The van der Waals surface area contributed by atoms with Crippen LogP contribution in [0.25, 0.3) is 0 Å². The highest BCUT2D eigenvalue weighted by Crippen LogP contribution is 2.11. The van der Waals surface area contributed by atoms with E-state index in [4.69, 9.17) is 0 Å². The van der Waals surface area contributed by atoms with E-state index in [-0.39, 0.29) is 16.8 Å². The molecule has 0 fully saturated rings. The molecule has 1 N–H and O–H groups in total. The van der Waals surface area contributed by atoms with Crippen molar-refractivity contribution in [1.29, 1.82) is 0 Å². The van der Waals surface area contributed by atoms with Gasteiger partial charge < -0.3 is 5.32 Å². The van der Waals surface area contributed by atoms with Crippen LogP contribution in [-0.4, -0.2) is 16.8 Å². The number of rotatable bonds is 4. The second-order valence-electron chi connectivity index (χ2n) is 3.46. The summed E-state index contributed by atoms with van der Waals surface area (Å²) in [5.74, 6) is 0.438. The third kappa shape index (κ3) is 4.10. The molecule has 72 valence electrons. The summed E-state index contributed by atoms with van der Waals surface area (Å²) in [5.41, 5.74) is 0. The number of halogens is 1. The second-order valence-corrected chi connectivity index (χ2v) is 4.45. The highest BCUT2D eigenvalue weighted by Gasteiger charge is 2.19. The molecule has 1 amide bonds. The maximum Gasteiger partial charge on any atom is 0.234 e. The maximum absolute atomic E-state index is 11.4. The zero-order valence-corrected chi connectivity index (χ0v) is 9.81. The average molecular weight is 236 g/mol. The molecule has 0 unspecified atom stereocenters. The number of hydrogen-bond acceptors (Lipinski definition) is 1. The first-order valence-electron chi connectivity index (χ1n) is 4.43. The number of hydrogen-bond donors (Lipinski definition) is 1. The van der Waals surface area contributed by atoms with Crippen LogP contribution in [0.5, 0.6) is 0 Å². The fourth-order valence-corrected chi connectivity index (χ4v) is 0.859. The van der Waals surface area contributed by atoms with Gasteiger partial charge in [0.1, 0.15) is 0 Å². The number of carbonyl (C=O) groups is 1. The van der Waals surface area contributed by atoms with E-state index in [9.17, 15) is 4.79 Å². The van der Waals surface area contributed by atoms with Gasteiger partial charge in [-0.1, -0.05) is 36.7 Å². The molecule has 0 spiro atoms. The minimum absolute atomic E-state index is 0.0634. The molecule has 0 bridgehead atoms. The van der Waals surface area contributed by atoms with Crippen molar-refractivity contribution < 1.29 is 4.79 Å². The van der Waals surface area contributed by atoms with Crippen molar-refractivity contribution in [3.05, 3.63) is 0 Å². The molecule has 0 aliphatic heterocycles. The summed E-state index contributed by atoms with van der Waals surface area (Å²) < 4.78 is 0. The van der Waals surface area contributed by atoms with E-state index in [1.54, 1.807) is 0 Å². The average Bonchev–Trinajstić information content (AvgIpc) is 2.02. The Morgan fingerprint density at radius 3 is 2.25 bits per heavy atom. The van der Waals surface area contributed by atoms with Gasteiger partial charge in [0, 0.05) is 6.04 Å². The van der Waals surface area contributed by atoms with Crippen molar-refractivity contribution in [2.24, 2.45) is 5.92 Å². The monoisotopic (exact) mass is 235 g/mol. The van der Waals surface area contributed by atoms with Gasteiger partial charge in [-0.3, -0.25) is 4.79 Å². The number of alkyl halides is 1. The normalized spacial score (nSPS) is 15.8. The minimum Gasteiger partial charge on any atom is -0.353 e. The first-order chi connectivity index (χ1) is 5.49. The number of nitrogens with one attached hydrogen (secondary N) is 1. The van der Waals surface area contributed by atoms with Crippen LogP contribution in [0.3, 0.4) is 0 Å². The van der Waals surface area contributed by atoms with Crippen molar-refractivity contribution in [2.45, 2.75) is 45.0 Å². The summed E-state index contributed by atoms with van der Waals surface area (Å²) in [6, 6.07) is 0.274. The smallest absolute Gasteiger partial charge is 0.234 e. The second kappa shape index (κ2) is 5.57. The SMILES string of the molecule is CC[C@@H](C)NC(=O)[C@H](Br)C(C)C. The zero-order valence-electron chi connectivity index (χ0n) is 8.23. The maximum atomic E-state index is 11.4. The van der Waals surface area contributed by atoms with E-state index in [2.05, 4.69) is 28.2 Å². The molecule has 0 aliphatic carbocycles. The predicted octanol–water partition coefficient (Wildman–Crippen LogP) is 2.32. The van der Waals surface area contributed by atoms with Crippen molar-refractivity contribution in [1.82, 2.24) is 5.32 Å². The summed E-state index contributed by atoms with van der Waals surface area (Å²) in [4.78, 5) is 11.3. The molecule has 0 aromatic carbocycles. The van der Waals surface area contributed by atoms with Crippen LogP contribution in [-0.2, 0) is 4.79 Å². The molecule has 0 radical (unpaired) electrons. The first kappa shape index (κ1) is 11.9. The molecule has 3 heteroatoms. The third-order valence-electron chi connectivity index (χ3n) is 1.84. The van der Waals surface area contributed by atoms with Crippen molar-refractivity contribution in [2.75, 3.05) is 0 Å². The molecule has 0 rings (SSSR count). The molecule has 0 aromatic heterocycles. The zero-order chi connectivity index (χ0) is 9.72. The molecular formula is C9H18BrNO. The van der Waals surface area contributed by atoms with E-state index in [0.717, 1.165) is 6.42 Å². The van der Waals surface area contributed by atoms with E-state index in [0.29, 0.717) is 5.92 Å². The van der Waals surface area contributed by atoms with Gasteiger partial charge in [0.05, 0.1) is 4.83 Å². The summed E-state index contributed by atoms with van der Waals surface area (Å²) >= 11 is 3.35. The Bertz CT molecular complexity index is 147. The molecule has 0 aromatic rings. The van der Waals surface area contributed by atoms with Gasteiger partial charge in [-0.15, -0.1) is 0 Å². The van der Waals surface area contributed by atoms with Gasteiger partial charge in [-0.2, -0.15) is 0 Å². The van der Waals surface area contributed by atoms with Gasteiger partial charge in [0.25, 0.3) is 0 Å².